The zero-order valence-electron chi connectivity index (χ0n) is 10.00. The van der Waals surface area contributed by atoms with Gasteiger partial charge in [0, 0.05) is 18.3 Å². The number of aromatic nitrogens is 1. The lowest BCUT2D eigenvalue weighted by Gasteiger charge is -2.11. The van der Waals surface area contributed by atoms with Gasteiger partial charge in [-0.25, -0.2) is 4.39 Å². The second-order valence-electron chi connectivity index (χ2n) is 4.05. The van der Waals surface area contributed by atoms with E-state index in [1.165, 1.54) is 6.20 Å². The fourth-order valence-electron chi connectivity index (χ4n) is 1.88. The predicted octanol–water partition coefficient (Wildman–Crippen LogP) is 2.92. The molecule has 0 saturated heterocycles. The number of pyridine rings is 1. The molecule has 0 aliphatic heterocycles. The van der Waals surface area contributed by atoms with E-state index in [0.717, 1.165) is 23.2 Å². The van der Waals surface area contributed by atoms with Crippen LogP contribution in [0.1, 0.15) is 11.1 Å². The standard InChI is InChI=1S/C14H15FN2/c1-10-3-4-11(8-16-2)13(7-10)12-5-6-17-9-14(12)15/h3-7,9,16H,8H2,1-2H3. The third kappa shape index (κ3) is 2.50. The van der Waals surface area contributed by atoms with E-state index in [9.17, 15) is 4.39 Å². The molecule has 0 unspecified atom stereocenters. The van der Waals surface area contributed by atoms with Crippen molar-refractivity contribution in [2.75, 3.05) is 7.05 Å². The van der Waals surface area contributed by atoms with Gasteiger partial charge >= 0.3 is 0 Å². The van der Waals surface area contributed by atoms with Gasteiger partial charge in [0.25, 0.3) is 0 Å². The fourth-order valence-corrected chi connectivity index (χ4v) is 1.88. The van der Waals surface area contributed by atoms with Crippen molar-refractivity contribution in [3.8, 4) is 11.1 Å². The van der Waals surface area contributed by atoms with Crippen LogP contribution in [0.5, 0.6) is 0 Å². The van der Waals surface area contributed by atoms with Gasteiger partial charge in [0.2, 0.25) is 0 Å². The second kappa shape index (κ2) is 5.06. The van der Waals surface area contributed by atoms with Crippen LogP contribution >= 0.6 is 0 Å². The maximum Gasteiger partial charge on any atom is 0.149 e. The Hall–Kier alpha value is -1.74. The van der Waals surface area contributed by atoms with Crippen molar-refractivity contribution < 1.29 is 4.39 Å². The van der Waals surface area contributed by atoms with Crippen LogP contribution < -0.4 is 5.32 Å². The van der Waals surface area contributed by atoms with E-state index in [0.29, 0.717) is 5.56 Å². The highest BCUT2D eigenvalue weighted by Gasteiger charge is 2.09. The summed E-state index contributed by atoms with van der Waals surface area (Å²) in [6, 6.07) is 7.78. The minimum Gasteiger partial charge on any atom is -0.316 e. The summed E-state index contributed by atoms with van der Waals surface area (Å²) in [4.78, 5) is 3.78. The van der Waals surface area contributed by atoms with Crippen molar-refractivity contribution in [2.24, 2.45) is 0 Å². The van der Waals surface area contributed by atoms with E-state index >= 15 is 0 Å². The first kappa shape index (κ1) is 11.7. The van der Waals surface area contributed by atoms with Gasteiger partial charge in [-0.15, -0.1) is 0 Å². The van der Waals surface area contributed by atoms with Gasteiger partial charge in [0.15, 0.2) is 0 Å². The van der Waals surface area contributed by atoms with Crippen LogP contribution in [0.2, 0.25) is 0 Å². The van der Waals surface area contributed by atoms with Gasteiger partial charge in [-0.05, 0) is 31.2 Å². The average molecular weight is 230 g/mol. The molecule has 2 aromatic rings. The van der Waals surface area contributed by atoms with Gasteiger partial charge in [-0.2, -0.15) is 0 Å². The zero-order chi connectivity index (χ0) is 12.3. The second-order valence-corrected chi connectivity index (χ2v) is 4.05. The van der Waals surface area contributed by atoms with E-state index in [4.69, 9.17) is 0 Å². The maximum atomic E-state index is 13.7. The number of hydrogen-bond acceptors (Lipinski definition) is 2. The summed E-state index contributed by atoms with van der Waals surface area (Å²) in [5.74, 6) is -0.282. The first-order valence-corrected chi connectivity index (χ1v) is 5.56. The monoisotopic (exact) mass is 230 g/mol. The van der Waals surface area contributed by atoms with Crippen LogP contribution in [-0.2, 0) is 6.54 Å². The van der Waals surface area contributed by atoms with Crippen molar-refractivity contribution in [3.63, 3.8) is 0 Å². The Morgan fingerprint density at radius 1 is 1.24 bits per heavy atom. The van der Waals surface area contributed by atoms with Crippen molar-refractivity contribution in [1.82, 2.24) is 10.3 Å². The van der Waals surface area contributed by atoms with E-state index in [-0.39, 0.29) is 5.82 Å². The molecule has 88 valence electrons. The smallest absolute Gasteiger partial charge is 0.149 e. The Labute approximate surface area is 101 Å². The van der Waals surface area contributed by atoms with Gasteiger partial charge in [0.1, 0.15) is 5.82 Å². The largest absolute Gasteiger partial charge is 0.316 e. The Balaban J connectivity index is 2.57. The Bertz CT molecular complexity index is 523. The van der Waals surface area contributed by atoms with Crippen LogP contribution in [0.15, 0.2) is 36.7 Å². The number of aryl methyl sites for hydroxylation is 1. The fraction of sp³-hybridized carbons (Fsp3) is 0.214. The lowest BCUT2D eigenvalue weighted by molar-refractivity contribution is 0.624. The first-order chi connectivity index (χ1) is 8.22. The SMILES string of the molecule is CNCc1ccc(C)cc1-c1ccncc1F. The minimum absolute atomic E-state index is 0.282. The van der Waals surface area contributed by atoms with Crippen molar-refractivity contribution >= 4 is 0 Å². The molecule has 0 bridgehead atoms. The summed E-state index contributed by atoms with van der Waals surface area (Å²) in [5, 5.41) is 3.09. The molecule has 1 aromatic heterocycles. The topological polar surface area (TPSA) is 24.9 Å². The molecule has 1 N–H and O–H groups in total. The first-order valence-electron chi connectivity index (χ1n) is 5.56. The van der Waals surface area contributed by atoms with E-state index < -0.39 is 0 Å². The van der Waals surface area contributed by atoms with E-state index in [1.54, 1.807) is 12.3 Å². The van der Waals surface area contributed by atoms with Crippen molar-refractivity contribution in [3.05, 3.63) is 53.6 Å². The molecule has 3 heteroatoms. The molecule has 0 atom stereocenters. The quantitative estimate of drug-likeness (QED) is 0.877. The number of benzene rings is 1. The summed E-state index contributed by atoms with van der Waals surface area (Å²) in [6.45, 7) is 2.73. The van der Waals surface area contributed by atoms with Crippen LogP contribution in [0.4, 0.5) is 4.39 Å². The number of hydrogen-bond donors (Lipinski definition) is 1. The van der Waals surface area contributed by atoms with E-state index in [2.05, 4.69) is 10.3 Å². The highest BCUT2D eigenvalue weighted by atomic mass is 19.1. The van der Waals surface area contributed by atoms with Crippen LogP contribution in [0.25, 0.3) is 11.1 Å². The zero-order valence-corrected chi connectivity index (χ0v) is 10.00. The van der Waals surface area contributed by atoms with Gasteiger partial charge in [-0.1, -0.05) is 23.8 Å². The number of halogens is 1. The van der Waals surface area contributed by atoms with Crippen LogP contribution in [0, 0.1) is 12.7 Å². The average Bonchev–Trinajstić information content (AvgIpc) is 2.32. The number of nitrogens with one attached hydrogen (secondary N) is 1. The molecule has 0 amide bonds. The van der Waals surface area contributed by atoms with Crippen LogP contribution in [0.3, 0.4) is 0 Å². The van der Waals surface area contributed by atoms with Gasteiger partial charge < -0.3 is 5.32 Å². The highest BCUT2D eigenvalue weighted by Crippen LogP contribution is 2.26. The molecule has 0 fully saturated rings. The summed E-state index contributed by atoms with van der Waals surface area (Å²) < 4.78 is 13.7. The molecule has 0 saturated carbocycles. The number of nitrogens with zero attached hydrogens (tertiary/aromatic N) is 1. The van der Waals surface area contributed by atoms with Crippen molar-refractivity contribution in [1.29, 1.82) is 0 Å². The summed E-state index contributed by atoms with van der Waals surface area (Å²) in [5.41, 5.74) is 3.74. The molecule has 0 aliphatic carbocycles. The van der Waals surface area contributed by atoms with Crippen molar-refractivity contribution in [2.45, 2.75) is 13.5 Å². The Kier molecular flexibility index (Phi) is 3.49. The van der Waals surface area contributed by atoms with Gasteiger partial charge in [-0.3, -0.25) is 4.98 Å². The minimum atomic E-state index is -0.282. The normalized spacial score (nSPS) is 10.5. The van der Waals surface area contributed by atoms with Gasteiger partial charge in [0.05, 0.1) is 6.20 Å². The molecule has 0 spiro atoms. The molecule has 2 nitrogen and oxygen atoms in total. The van der Waals surface area contributed by atoms with Crippen LogP contribution in [-0.4, -0.2) is 12.0 Å². The Morgan fingerprint density at radius 3 is 2.76 bits per heavy atom. The molecule has 1 aromatic carbocycles. The molecule has 2 rings (SSSR count). The lowest BCUT2D eigenvalue weighted by atomic mass is 9.98. The van der Waals surface area contributed by atoms with E-state index in [1.807, 2.05) is 32.2 Å². The third-order valence-corrected chi connectivity index (χ3v) is 2.70. The highest BCUT2D eigenvalue weighted by molar-refractivity contribution is 5.68. The Morgan fingerprint density at radius 2 is 2.06 bits per heavy atom. The molecular weight excluding hydrogens is 215 g/mol. The maximum absolute atomic E-state index is 13.7. The lowest BCUT2D eigenvalue weighted by Crippen LogP contribution is -2.07. The predicted molar refractivity (Wildman–Crippen MR) is 67.1 cm³/mol. The summed E-state index contributed by atoms with van der Waals surface area (Å²) in [7, 11) is 1.88. The number of rotatable bonds is 3. The molecular formula is C14H15FN2. The summed E-state index contributed by atoms with van der Waals surface area (Å²) in [6.07, 6.45) is 2.87. The molecule has 0 aliphatic rings. The summed E-state index contributed by atoms with van der Waals surface area (Å²) >= 11 is 0. The molecule has 0 radical (unpaired) electrons. The molecule has 17 heavy (non-hydrogen) atoms. The molecule has 1 heterocycles. The third-order valence-electron chi connectivity index (χ3n) is 2.70.